The Morgan fingerprint density at radius 1 is 1.21 bits per heavy atom. The van der Waals surface area contributed by atoms with Crippen molar-refractivity contribution in [1.82, 2.24) is 25.2 Å². The van der Waals surface area contributed by atoms with Gasteiger partial charge < -0.3 is 24.4 Å². The van der Waals surface area contributed by atoms with Gasteiger partial charge in [-0.15, -0.1) is 0 Å². The number of carbonyl (C=O) groups excluding carboxylic acids is 2. The lowest BCUT2D eigenvalue weighted by Crippen LogP contribution is -2.49. The van der Waals surface area contributed by atoms with E-state index in [9.17, 15) is 9.59 Å². The minimum Gasteiger partial charge on any atom is -0.444 e. The van der Waals surface area contributed by atoms with Gasteiger partial charge >= 0.3 is 6.09 Å². The fourth-order valence-electron chi connectivity index (χ4n) is 3.36. The van der Waals surface area contributed by atoms with Crippen molar-refractivity contribution in [2.75, 3.05) is 33.9 Å². The second kappa shape index (κ2) is 10.4. The van der Waals surface area contributed by atoms with Crippen LogP contribution in [0.2, 0.25) is 5.15 Å². The number of halogens is 1. The summed E-state index contributed by atoms with van der Waals surface area (Å²) in [5.41, 5.74) is 1.17. The van der Waals surface area contributed by atoms with Crippen LogP contribution < -0.4 is 5.32 Å². The number of ether oxygens (including phenoxy) is 3. The maximum Gasteiger partial charge on any atom is 0.410 e. The lowest BCUT2D eigenvalue weighted by molar-refractivity contribution is -0.109. The zero-order valence-corrected chi connectivity index (χ0v) is 20.0. The van der Waals surface area contributed by atoms with Crippen molar-refractivity contribution >= 4 is 23.6 Å². The van der Waals surface area contributed by atoms with Gasteiger partial charge in [0.05, 0.1) is 37.2 Å². The fraction of sp³-hybridized carbons (Fsp3) is 0.500. The molecule has 0 spiro atoms. The number of amides is 2. The third kappa shape index (κ3) is 6.59. The quantitative estimate of drug-likeness (QED) is 0.653. The molecule has 2 amide bonds. The predicted molar refractivity (Wildman–Crippen MR) is 121 cm³/mol. The summed E-state index contributed by atoms with van der Waals surface area (Å²) in [5.74, 6) is -0.341. The van der Waals surface area contributed by atoms with Crippen molar-refractivity contribution < 1.29 is 23.8 Å². The van der Waals surface area contributed by atoms with Crippen LogP contribution in [0.25, 0.3) is 11.4 Å². The lowest BCUT2D eigenvalue weighted by atomic mass is 10.1. The summed E-state index contributed by atoms with van der Waals surface area (Å²) in [6.45, 7) is 6.37. The molecule has 33 heavy (non-hydrogen) atoms. The van der Waals surface area contributed by atoms with Crippen molar-refractivity contribution in [3.8, 4) is 11.4 Å². The molecule has 1 saturated heterocycles. The van der Waals surface area contributed by atoms with Crippen molar-refractivity contribution in [1.29, 1.82) is 0 Å². The molecule has 11 heteroatoms. The van der Waals surface area contributed by atoms with E-state index >= 15 is 0 Å². The van der Waals surface area contributed by atoms with E-state index in [1.807, 2.05) is 20.8 Å². The van der Waals surface area contributed by atoms with Crippen LogP contribution in [-0.4, -0.2) is 77.4 Å². The molecule has 3 heterocycles. The van der Waals surface area contributed by atoms with Crippen LogP contribution in [0.3, 0.4) is 0 Å². The van der Waals surface area contributed by atoms with Crippen LogP contribution in [0.5, 0.6) is 0 Å². The summed E-state index contributed by atoms with van der Waals surface area (Å²) in [4.78, 5) is 38.8. The van der Waals surface area contributed by atoms with E-state index in [0.717, 1.165) is 0 Å². The molecule has 1 aliphatic rings. The largest absolute Gasteiger partial charge is 0.444 e. The molecule has 1 fully saturated rings. The molecule has 0 radical (unpaired) electrons. The first-order valence-corrected chi connectivity index (χ1v) is 10.8. The van der Waals surface area contributed by atoms with Gasteiger partial charge in [-0.3, -0.25) is 4.79 Å². The van der Waals surface area contributed by atoms with Crippen molar-refractivity contribution in [3.05, 3.63) is 40.9 Å². The Hall–Kier alpha value is -2.82. The van der Waals surface area contributed by atoms with E-state index < -0.39 is 17.8 Å². The summed E-state index contributed by atoms with van der Waals surface area (Å²) in [6, 6.07) is 4.98. The number of carbonyl (C=O) groups is 2. The van der Waals surface area contributed by atoms with Gasteiger partial charge in [-0.2, -0.15) is 0 Å². The number of rotatable bonds is 5. The Balaban J connectivity index is 1.92. The summed E-state index contributed by atoms with van der Waals surface area (Å²) in [6.07, 6.45) is 0.0165. The molecule has 1 aliphatic heterocycles. The third-order valence-electron chi connectivity index (χ3n) is 4.75. The highest BCUT2D eigenvalue weighted by molar-refractivity contribution is 6.29. The number of pyridine rings is 1. The first kappa shape index (κ1) is 24.8. The number of aromatic nitrogens is 3. The molecule has 3 rings (SSSR count). The topological polar surface area (TPSA) is 116 Å². The monoisotopic (exact) mass is 477 g/mol. The number of nitrogens with one attached hydrogen (secondary N) is 1. The van der Waals surface area contributed by atoms with Gasteiger partial charge in [0.1, 0.15) is 28.9 Å². The van der Waals surface area contributed by atoms with Crippen molar-refractivity contribution in [2.24, 2.45) is 0 Å². The van der Waals surface area contributed by atoms with Gasteiger partial charge in [0.15, 0.2) is 0 Å². The standard InChI is InChI=1S/C22H28ClN5O5/c1-22(2,3)33-21(30)28-9-14(11-31-5)32-18(10-28)13-6-16(27-19(23)7-13)15-8-17(20(29)24-4)26-12-25-15/h6-8,12,14,18H,9-11H2,1-5H3,(H,24,29)/t14-,18-/m0/s1. The highest BCUT2D eigenvalue weighted by Gasteiger charge is 2.34. The first-order valence-electron chi connectivity index (χ1n) is 10.4. The van der Waals surface area contributed by atoms with Gasteiger partial charge in [0.2, 0.25) is 0 Å². The number of morpholine rings is 1. The van der Waals surface area contributed by atoms with Crippen molar-refractivity contribution in [3.63, 3.8) is 0 Å². The molecule has 0 unspecified atom stereocenters. The minimum atomic E-state index is -0.621. The average Bonchev–Trinajstić information content (AvgIpc) is 2.77. The molecule has 2 aromatic rings. The molecule has 1 N–H and O–H groups in total. The zero-order chi connectivity index (χ0) is 24.2. The third-order valence-corrected chi connectivity index (χ3v) is 4.94. The Morgan fingerprint density at radius 3 is 2.64 bits per heavy atom. The van der Waals surface area contributed by atoms with E-state index in [2.05, 4.69) is 20.3 Å². The molecular weight excluding hydrogens is 450 g/mol. The van der Waals surface area contributed by atoms with Gasteiger partial charge in [-0.05, 0) is 44.5 Å². The molecule has 0 bridgehead atoms. The van der Waals surface area contributed by atoms with Crippen LogP contribution in [-0.2, 0) is 14.2 Å². The van der Waals surface area contributed by atoms with Crippen LogP contribution in [0.15, 0.2) is 24.5 Å². The molecule has 178 valence electrons. The highest BCUT2D eigenvalue weighted by Crippen LogP contribution is 2.30. The Kier molecular flexibility index (Phi) is 7.83. The Labute approximate surface area is 197 Å². The van der Waals surface area contributed by atoms with E-state index in [1.54, 1.807) is 24.1 Å². The zero-order valence-electron chi connectivity index (χ0n) is 19.3. The van der Waals surface area contributed by atoms with Gasteiger partial charge in [0, 0.05) is 14.2 Å². The van der Waals surface area contributed by atoms with Gasteiger partial charge in [-0.1, -0.05) is 11.6 Å². The van der Waals surface area contributed by atoms with E-state index in [-0.39, 0.29) is 29.4 Å². The van der Waals surface area contributed by atoms with E-state index in [4.69, 9.17) is 25.8 Å². The normalized spacial score (nSPS) is 18.7. The van der Waals surface area contributed by atoms with E-state index in [1.165, 1.54) is 19.4 Å². The maximum atomic E-state index is 12.7. The smallest absolute Gasteiger partial charge is 0.410 e. The highest BCUT2D eigenvalue weighted by atomic mass is 35.5. The number of hydrogen-bond acceptors (Lipinski definition) is 8. The van der Waals surface area contributed by atoms with Gasteiger partial charge in [-0.25, -0.2) is 19.7 Å². The summed E-state index contributed by atoms with van der Waals surface area (Å²) in [7, 11) is 3.10. The van der Waals surface area contributed by atoms with E-state index in [0.29, 0.717) is 30.1 Å². The van der Waals surface area contributed by atoms with Gasteiger partial charge in [0.25, 0.3) is 5.91 Å². The predicted octanol–water partition coefficient (Wildman–Crippen LogP) is 2.88. The minimum absolute atomic E-state index is 0.205. The van der Waals surface area contributed by atoms with Crippen LogP contribution in [0.4, 0.5) is 4.79 Å². The molecule has 0 aromatic carbocycles. The SMILES string of the molecule is CNC(=O)c1cc(-c2cc([C@@H]3CN(C(=O)OC(C)(C)C)C[C@@H](COC)O3)cc(Cl)n2)ncn1. The molecule has 0 saturated carbocycles. The first-order chi connectivity index (χ1) is 15.6. The lowest BCUT2D eigenvalue weighted by Gasteiger charge is -2.38. The second-order valence-electron chi connectivity index (χ2n) is 8.56. The van der Waals surface area contributed by atoms with Crippen LogP contribution in [0, 0.1) is 0 Å². The number of methoxy groups -OCH3 is 1. The number of nitrogens with zero attached hydrogens (tertiary/aromatic N) is 4. The molecule has 2 atom stereocenters. The van der Waals surface area contributed by atoms with Crippen molar-refractivity contribution in [2.45, 2.75) is 38.6 Å². The molecular formula is C22H28ClN5O5. The second-order valence-corrected chi connectivity index (χ2v) is 8.95. The van der Waals surface area contributed by atoms with Crippen LogP contribution >= 0.6 is 11.6 Å². The summed E-state index contributed by atoms with van der Waals surface area (Å²) >= 11 is 6.31. The molecule has 10 nitrogen and oxygen atoms in total. The average molecular weight is 478 g/mol. The molecule has 2 aromatic heterocycles. The number of hydrogen-bond donors (Lipinski definition) is 1. The molecule has 0 aliphatic carbocycles. The summed E-state index contributed by atoms with van der Waals surface area (Å²) in [5, 5.41) is 2.75. The maximum absolute atomic E-state index is 12.7. The fourth-order valence-corrected chi connectivity index (χ4v) is 3.58. The Bertz CT molecular complexity index is 1010. The van der Waals surface area contributed by atoms with Crippen LogP contribution in [0.1, 0.15) is 42.9 Å². The Morgan fingerprint density at radius 2 is 1.97 bits per heavy atom. The summed E-state index contributed by atoms with van der Waals surface area (Å²) < 4.78 is 17.0.